The van der Waals surface area contributed by atoms with Crippen LogP contribution in [0.25, 0.3) is 0 Å². The van der Waals surface area contributed by atoms with E-state index in [1.165, 1.54) is 6.08 Å². The molecule has 0 unspecified atom stereocenters. The van der Waals surface area contributed by atoms with Crippen LogP contribution in [0.2, 0.25) is 0 Å². The second kappa shape index (κ2) is 6.34. The van der Waals surface area contributed by atoms with Gasteiger partial charge in [-0.3, -0.25) is 4.79 Å². The molecular weight excluding hydrogens is 304 g/mol. The quantitative estimate of drug-likeness (QED) is 0.603. The van der Waals surface area contributed by atoms with Gasteiger partial charge in [-0.2, -0.15) is 0 Å². The summed E-state index contributed by atoms with van der Waals surface area (Å²) < 4.78 is 6.42. The van der Waals surface area contributed by atoms with E-state index in [9.17, 15) is 4.79 Å². The van der Waals surface area contributed by atoms with E-state index < -0.39 is 0 Å². The van der Waals surface area contributed by atoms with Crippen molar-refractivity contribution in [1.29, 1.82) is 0 Å². The van der Waals surface area contributed by atoms with Crippen molar-refractivity contribution in [3.63, 3.8) is 0 Å². The van der Waals surface area contributed by atoms with Crippen LogP contribution >= 0.6 is 15.9 Å². The van der Waals surface area contributed by atoms with Crippen molar-refractivity contribution in [1.82, 2.24) is 0 Å². The molecule has 0 spiro atoms. The minimum Gasteiger partial charge on any atom is -0.489 e. The van der Waals surface area contributed by atoms with Crippen molar-refractivity contribution >= 4 is 21.7 Å². The Balaban J connectivity index is 2.13. The highest BCUT2D eigenvalue weighted by atomic mass is 79.9. The molecule has 2 aromatic rings. The summed E-state index contributed by atoms with van der Waals surface area (Å²) in [5, 5.41) is 0. The average Bonchev–Trinajstić information content (AvgIpc) is 2.46. The molecule has 0 aliphatic carbocycles. The molecule has 2 nitrogen and oxygen atoms in total. The third-order valence-corrected chi connectivity index (χ3v) is 3.33. The van der Waals surface area contributed by atoms with Gasteiger partial charge in [0.25, 0.3) is 0 Å². The minimum atomic E-state index is -0.128. The Bertz CT molecular complexity index is 591. The maximum absolute atomic E-state index is 11.7. The van der Waals surface area contributed by atoms with E-state index in [1.54, 1.807) is 12.1 Å². The lowest BCUT2D eigenvalue weighted by atomic mass is 10.1. The van der Waals surface area contributed by atoms with Crippen LogP contribution in [0.1, 0.15) is 15.9 Å². The van der Waals surface area contributed by atoms with Crippen LogP contribution in [0.15, 0.2) is 65.7 Å². The van der Waals surface area contributed by atoms with Crippen molar-refractivity contribution in [2.45, 2.75) is 6.61 Å². The molecule has 0 atom stereocenters. The van der Waals surface area contributed by atoms with Crippen LogP contribution < -0.4 is 4.74 Å². The summed E-state index contributed by atoms with van der Waals surface area (Å²) in [5.74, 6) is 0.536. The number of carbonyl (C=O) groups is 1. The van der Waals surface area contributed by atoms with Gasteiger partial charge >= 0.3 is 0 Å². The molecule has 0 fully saturated rings. The van der Waals surface area contributed by atoms with E-state index in [1.807, 2.05) is 36.4 Å². The number of hydrogen-bond donors (Lipinski definition) is 0. The number of halogens is 1. The molecule has 0 amide bonds. The third-order valence-electron chi connectivity index (χ3n) is 2.64. The lowest BCUT2D eigenvalue weighted by molar-refractivity contribution is 0.104. The Kier molecular flexibility index (Phi) is 4.53. The summed E-state index contributed by atoms with van der Waals surface area (Å²) in [5.41, 5.74) is 1.64. The van der Waals surface area contributed by atoms with Gasteiger partial charge in [-0.25, -0.2) is 0 Å². The number of allylic oxidation sites excluding steroid dienone is 1. The van der Waals surface area contributed by atoms with Crippen molar-refractivity contribution < 1.29 is 9.53 Å². The highest BCUT2D eigenvalue weighted by molar-refractivity contribution is 9.10. The zero-order valence-corrected chi connectivity index (χ0v) is 11.9. The van der Waals surface area contributed by atoms with E-state index in [2.05, 4.69) is 22.5 Å². The van der Waals surface area contributed by atoms with Gasteiger partial charge < -0.3 is 4.74 Å². The molecule has 0 aromatic heterocycles. The molecule has 0 saturated carbocycles. The van der Waals surface area contributed by atoms with Gasteiger partial charge in [0, 0.05) is 10.0 Å². The lowest BCUT2D eigenvalue weighted by Gasteiger charge is -2.08. The second-order valence-corrected chi connectivity index (χ2v) is 4.84. The second-order valence-electron chi connectivity index (χ2n) is 3.98. The molecule has 96 valence electrons. The first-order valence-electron chi connectivity index (χ1n) is 5.84. The van der Waals surface area contributed by atoms with Crippen LogP contribution in [-0.4, -0.2) is 5.78 Å². The fourth-order valence-electron chi connectivity index (χ4n) is 1.63. The maximum atomic E-state index is 11.7. The summed E-state index contributed by atoms with van der Waals surface area (Å²) in [6, 6.07) is 15.2. The first-order valence-corrected chi connectivity index (χ1v) is 6.63. The van der Waals surface area contributed by atoms with E-state index in [-0.39, 0.29) is 5.78 Å². The number of benzene rings is 2. The van der Waals surface area contributed by atoms with E-state index in [4.69, 9.17) is 4.74 Å². The van der Waals surface area contributed by atoms with Crippen LogP contribution in [0.4, 0.5) is 0 Å². The summed E-state index contributed by atoms with van der Waals surface area (Å²) in [7, 11) is 0. The van der Waals surface area contributed by atoms with Crippen molar-refractivity contribution in [2.75, 3.05) is 0 Å². The SMILES string of the molecule is C=CC(=O)c1cc(OCc2ccccc2)ccc1Br. The Morgan fingerprint density at radius 2 is 1.95 bits per heavy atom. The van der Waals surface area contributed by atoms with Crippen LogP contribution in [-0.2, 0) is 6.61 Å². The molecule has 0 aliphatic heterocycles. The predicted molar refractivity (Wildman–Crippen MR) is 79.4 cm³/mol. The van der Waals surface area contributed by atoms with Crippen molar-refractivity contribution in [2.24, 2.45) is 0 Å². The molecule has 19 heavy (non-hydrogen) atoms. The highest BCUT2D eigenvalue weighted by Gasteiger charge is 2.08. The van der Waals surface area contributed by atoms with Crippen LogP contribution in [0.5, 0.6) is 5.75 Å². The first-order chi connectivity index (χ1) is 9.20. The van der Waals surface area contributed by atoms with Gasteiger partial charge in [0.1, 0.15) is 12.4 Å². The summed E-state index contributed by atoms with van der Waals surface area (Å²) >= 11 is 3.34. The average molecular weight is 317 g/mol. The topological polar surface area (TPSA) is 26.3 Å². The van der Waals surface area contributed by atoms with E-state index >= 15 is 0 Å². The number of ketones is 1. The van der Waals surface area contributed by atoms with Crippen molar-refractivity contribution in [3.05, 3.63) is 76.8 Å². The number of hydrogen-bond acceptors (Lipinski definition) is 2. The van der Waals surface area contributed by atoms with Gasteiger partial charge in [-0.05, 0) is 29.8 Å². The molecular formula is C16H13BrO2. The van der Waals surface area contributed by atoms with Crippen LogP contribution in [0, 0.1) is 0 Å². The van der Waals surface area contributed by atoms with E-state index in [0.29, 0.717) is 17.9 Å². The zero-order chi connectivity index (χ0) is 13.7. The molecule has 0 heterocycles. The van der Waals surface area contributed by atoms with Gasteiger partial charge in [0.15, 0.2) is 5.78 Å². The molecule has 2 rings (SSSR count). The largest absolute Gasteiger partial charge is 0.489 e. The van der Waals surface area contributed by atoms with Gasteiger partial charge in [0.05, 0.1) is 0 Å². The number of carbonyl (C=O) groups excluding carboxylic acids is 1. The molecule has 0 bridgehead atoms. The summed E-state index contributed by atoms with van der Waals surface area (Å²) in [4.78, 5) is 11.7. The molecule has 2 aromatic carbocycles. The minimum absolute atomic E-state index is 0.128. The number of rotatable bonds is 5. The normalized spacial score (nSPS) is 9.95. The molecule has 0 radical (unpaired) electrons. The molecule has 3 heteroatoms. The lowest BCUT2D eigenvalue weighted by Crippen LogP contribution is -1.99. The fourth-order valence-corrected chi connectivity index (χ4v) is 2.08. The molecule has 0 aliphatic rings. The Morgan fingerprint density at radius 1 is 1.21 bits per heavy atom. The monoisotopic (exact) mass is 316 g/mol. The maximum Gasteiger partial charge on any atom is 0.186 e. The Labute approximate surface area is 120 Å². The summed E-state index contributed by atoms with van der Waals surface area (Å²) in [6.45, 7) is 3.97. The smallest absolute Gasteiger partial charge is 0.186 e. The first kappa shape index (κ1) is 13.6. The third kappa shape index (κ3) is 3.55. The fraction of sp³-hybridized carbons (Fsp3) is 0.0625. The predicted octanol–water partition coefficient (Wildman–Crippen LogP) is 4.40. The molecule has 0 N–H and O–H groups in total. The van der Waals surface area contributed by atoms with Crippen molar-refractivity contribution in [3.8, 4) is 5.75 Å². The summed E-state index contributed by atoms with van der Waals surface area (Å²) in [6.07, 6.45) is 1.29. The van der Waals surface area contributed by atoms with Gasteiger partial charge in [0.2, 0.25) is 0 Å². The highest BCUT2D eigenvalue weighted by Crippen LogP contribution is 2.24. The Hall–Kier alpha value is -1.87. The van der Waals surface area contributed by atoms with E-state index in [0.717, 1.165) is 10.0 Å². The van der Waals surface area contributed by atoms with Crippen LogP contribution in [0.3, 0.4) is 0 Å². The molecule has 0 saturated heterocycles. The van der Waals surface area contributed by atoms with Gasteiger partial charge in [-0.1, -0.05) is 52.8 Å². The standard InChI is InChI=1S/C16H13BrO2/c1-2-16(18)14-10-13(8-9-15(14)17)19-11-12-6-4-3-5-7-12/h2-10H,1,11H2. The van der Waals surface area contributed by atoms with Gasteiger partial charge in [-0.15, -0.1) is 0 Å². The number of ether oxygens (including phenoxy) is 1. The zero-order valence-electron chi connectivity index (χ0n) is 10.3. The Morgan fingerprint density at radius 3 is 2.63 bits per heavy atom.